The number of aromatic nitrogens is 5. The first-order valence-electron chi connectivity index (χ1n) is 5.47. The predicted octanol–water partition coefficient (Wildman–Crippen LogP) is 0.413. The number of aromatic amines is 3. The molecule has 9 heteroatoms. The maximum Gasteiger partial charge on any atom is 0.327 e. The molecular weight excluding hydrogens is 268 g/mol. The summed E-state index contributed by atoms with van der Waals surface area (Å²) in [6.07, 6.45) is 0. The van der Waals surface area contributed by atoms with Gasteiger partial charge >= 0.3 is 5.69 Å². The molecule has 0 amide bonds. The van der Waals surface area contributed by atoms with E-state index in [-0.39, 0.29) is 11.2 Å². The number of hydrogen-bond acceptors (Lipinski definition) is 6. The predicted molar refractivity (Wildman–Crippen MR) is 72.7 cm³/mol. The molecule has 19 heavy (non-hydrogen) atoms. The van der Waals surface area contributed by atoms with Crippen LogP contribution in [0.2, 0.25) is 0 Å². The van der Waals surface area contributed by atoms with Crippen molar-refractivity contribution in [1.82, 2.24) is 24.3 Å². The maximum atomic E-state index is 11.6. The normalized spacial score (nSPS) is 11.1. The van der Waals surface area contributed by atoms with Crippen LogP contribution in [0.25, 0.3) is 22.6 Å². The Labute approximate surface area is 110 Å². The van der Waals surface area contributed by atoms with E-state index in [2.05, 4.69) is 29.6 Å². The van der Waals surface area contributed by atoms with Crippen LogP contribution >= 0.6 is 11.5 Å². The van der Waals surface area contributed by atoms with E-state index >= 15 is 0 Å². The van der Waals surface area contributed by atoms with Gasteiger partial charge in [0.15, 0.2) is 5.65 Å². The van der Waals surface area contributed by atoms with Crippen LogP contribution in [-0.2, 0) is 0 Å². The SMILES string of the molecule is CNc1snc(C)c1-c1nc2[nH]c(=O)[nH]c(=O)c2[nH]1. The smallest absolute Gasteiger partial charge is 0.327 e. The third kappa shape index (κ3) is 1.74. The highest BCUT2D eigenvalue weighted by atomic mass is 32.1. The van der Waals surface area contributed by atoms with Gasteiger partial charge in [0, 0.05) is 7.05 Å². The third-order valence-electron chi connectivity index (χ3n) is 2.72. The Hall–Kier alpha value is -2.42. The molecule has 0 aliphatic carbocycles. The number of hydrogen-bond donors (Lipinski definition) is 4. The number of nitrogens with zero attached hydrogens (tertiary/aromatic N) is 2. The van der Waals surface area contributed by atoms with Crippen LogP contribution in [0.1, 0.15) is 5.69 Å². The van der Waals surface area contributed by atoms with Gasteiger partial charge in [-0.05, 0) is 18.5 Å². The fraction of sp³-hybridized carbons (Fsp3) is 0.200. The van der Waals surface area contributed by atoms with Crippen molar-refractivity contribution in [3.63, 3.8) is 0 Å². The molecule has 0 saturated carbocycles. The first kappa shape index (κ1) is 11.7. The summed E-state index contributed by atoms with van der Waals surface area (Å²) in [7, 11) is 1.79. The second-order valence-corrected chi connectivity index (χ2v) is 4.71. The van der Waals surface area contributed by atoms with E-state index in [4.69, 9.17) is 0 Å². The zero-order valence-corrected chi connectivity index (χ0v) is 10.9. The van der Waals surface area contributed by atoms with E-state index in [1.807, 2.05) is 6.92 Å². The molecule has 0 bridgehead atoms. The fourth-order valence-corrected chi connectivity index (χ4v) is 2.62. The lowest BCUT2D eigenvalue weighted by molar-refractivity contribution is 1.07. The molecule has 0 atom stereocenters. The van der Waals surface area contributed by atoms with E-state index in [0.717, 1.165) is 16.3 Å². The van der Waals surface area contributed by atoms with Crippen LogP contribution < -0.4 is 16.6 Å². The molecule has 4 N–H and O–H groups in total. The van der Waals surface area contributed by atoms with Crippen LogP contribution in [0.5, 0.6) is 0 Å². The molecule has 3 heterocycles. The first-order chi connectivity index (χ1) is 9.10. The summed E-state index contributed by atoms with van der Waals surface area (Å²) in [5.74, 6) is 0.498. The van der Waals surface area contributed by atoms with Gasteiger partial charge in [-0.1, -0.05) is 0 Å². The van der Waals surface area contributed by atoms with Crippen molar-refractivity contribution >= 4 is 27.7 Å². The number of imidazole rings is 1. The second kappa shape index (κ2) is 4.05. The minimum absolute atomic E-state index is 0.233. The number of nitrogens with one attached hydrogen (secondary N) is 4. The second-order valence-electron chi connectivity index (χ2n) is 3.94. The van der Waals surface area contributed by atoms with Gasteiger partial charge < -0.3 is 10.3 Å². The van der Waals surface area contributed by atoms with Crippen LogP contribution in [0.3, 0.4) is 0 Å². The Bertz CT molecular complexity index is 870. The van der Waals surface area contributed by atoms with E-state index in [9.17, 15) is 9.59 Å². The largest absolute Gasteiger partial charge is 0.378 e. The van der Waals surface area contributed by atoms with Crippen molar-refractivity contribution in [3.05, 3.63) is 26.5 Å². The van der Waals surface area contributed by atoms with Gasteiger partial charge in [0.1, 0.15) is 16.3 Å². The summed E-state index contributed by atoms with van der Waals surface area (Å²) in [6, 6.07) is 0. The molecule has 0 radical (unpaired) electrons. The Morgan fingerprint density at radius 3 is 2.74 bits per heavy atom. The van der Waals surface area contributed by atoms with E-state index in [1.54, 1.807) is 7.05 Å². The van der Waals surface area contributed by atoms with Crippen molar-refractivity contribution in [2.45, 2.75) is 6.92 Å². The summed E-state index contributed by atoms with van der Waals surface area (Å²) >= 11 is 1.31. The van der Waals surface area contributed by atoms with Crippen molar-refractivity contribution in [3.8, 4) is 11.4 Å². The molecule has 8 nitrogen and oxygen atoms in total. The topological polar surface area (TPSA) is 119 Å². The van der Waals surface area contributed by atoms with Gasteiger partial charge in [0.05, 0.1) is 11.3 Å². The van der Waals surface area contributed by atoms with Crippen molar-refractivity contribution in [2.75, 3.05) is 12.4 Å². The van der Waals surface area contributed by atoms with E-state index in [1.165, 1.54) is 11.5 Å². The zero-order valence-electron chi connectivity index (χ0n) is 10.1. The maximum absolute atomic E-state index is 11.6. The van der Waals surface area contributed by atoms with Gasteiger partial charge in [-0.25, -0.2) is 9.78 Å². The number of aryl methyl sites for hydroxylation is 1. The summed E-state index contributed by atoms with van der Waals surface area (Å²) < 4.78 is 4.24. The fourth-order valence-electron chi connectivity index (χ4n) is 1.87. The molecule has 3 rings (SSSR count). The average Bonchev–Trinajstić information content (AvgIpc) is 2.92. The molecule has 0 fully saturated rings. The zero-order chi connectivity index (χ0) is 13.6. The molecule has 0 aromatic carbocycles. The average molecular weight is 278 g/mol. The molecule has 0 aliphatic heterocycles. The van der Waals surface area contributed by atoms with Crippen molar-refractivity contribution in [2.24, 2.45) is 0 Å². The molecule has 0 aliphatic rings. The van der Waals surface area contributed by atoms with Crippen LogP contribution in [-0.4, -0.2) is 31.4 Å². The van der Waals surface area contributed by atoms with Gasteiger partial charge in [-0.3, -0.25) is 14.8 Å². The number of fused-ring (bicyclic) bond motifs is 1. The first-order valence-corrected chi connectivity index (χ1v) is 6.24. The van der Waals surface area contributed by atoms with Crippen molar-refractivity contribution in [1.29, 1.82) is 0 Å². The number of anilines is 1. The van der Waals surface area contributed by atoms with Gasteiger partial charge in [-0.15, -0.1) is 0 Å². The molecular formula is C10H10N6O2S. The molecule has 0 spiro atoms. The Kier molecular flexibility index (Phi) is 2.49. The Morgan fingerprint density at radius 2 is 2.00 bits per heavy atom. The van der Waals surface area contributed by atoms with Crippen LogP contribution in [0.4, 0.5) is 5.00 Å². The van der Waals surface area contributed by atoms with Gasteiger partial charge in [0.25, 0.3) is 5.56 Å². The summed E-state index contributed by atoms with van der Waals surface area (Å²) in [4.78, 5) is 34.6. The lowest BCUT2D eigenvalue weighted by Gasteiger charge is -1.98. The molecule has 98 valence electrons. The summed E-state index contributed by atoms with van der Waals surface area (Å²) in [6.45, 7) is 1.85. The van der Waals surface area contributed by atoms with Crippen LogP contribution in [0, 0.1) is 6.92 Å². The highest BCUT2D eigenvalue weighted by Crippen LogP contribution is 2.32. The highest BCUT2D eigenvalue weighted by Gasteiger charge is 2.17. The van der Waals surface area contributed by atoms with Crippen LogP contribution in [0.15, 0.2) is 9.59 Å². The van der Waals surface area contributed by atoms with E-state index < -0.39 is 11.2 Å². The Balaban J connectivity index is 2.32. The highest BCUT2D eigenvalue weighted by molar-refractivity contribution is 7.10. The molecule has 3 aromatic rings. The third-order valence-corrected chi connectivity index (χ3v) is 3.67. The molecule has 0 saturated heterocycles. The monoisotopic (exact) mass is 278 g/mol. The Morgan fingerprint density at radius 1 is 1.21 bits per heavy atom. The van der Waals surface area contributed by atoms with E-state index in [0.29, 0.717) is 5.82 Å². The van der Waals surface area contributed by atoms with Crippen molar-refractivity contribution < 1.29 is 0 Å². The standard InChI is InChI=1S/C10H10N6O2S/c1-3-4(9(11-2)19-16-3)6-12-5-7(13-6)14-10(18)15-8(5)17/h11H,1-2H3,(H3,12,13,14,15,17,18). The molecule has 3 aromatic heterocycles. The number of H-pyrrole nitrogens is 3. The summed E-state index contributed by atoms with van der Waals surface area (Å²) in [5.41, 5.74) is 0.990. The minimum atomic E-state index is -0.579. The van der Waals surface area contributed by atoms with Gasteiger partial charge in [-0.2, -0.15) is 4.37 Å². The number of rotatable bonds is 2. The quantitative estimate of drug-likeness (QED) is 0.541. The molecule has 0 unspecified atom stereocenters. The minimum Gasteiger partial charge on any atom is -0.378 e. The summed E-state index contributed by atoms with van der Waals surface area (Å²) in [5, 5.41) is 3.87. The van der Waals surface area contributed by atoms with Gasteiger partial charge in [0.2, 0.25) is 0 Å². The lowest BCUT2D eigenvalue weighted by atomic mass is 10.2. The lowest BCUT2D eigenvalue weighted by Crippen LogP contribution is -2.21.